The third-order valence-corrected chi connectivity index (χ3v) is 4.66. The number of aromatic nitrogens is 1. The molecule has 0 atom stereocenters. The van der Waals surface area contributed by atoms with Gasteiger partial charge in [-0.1, -0.05) is 6.07 Å². The predicted octanol–water partition coefficient (Wildman–Crippen LogP) is 4.35. The second kappa shape index (κ2) is 8.72. The first-order chi connectivity index (χ1) is 13.0. The lowest BCUT2D eigenvalue weighted by Gasteiger charge is -2.26. The molecule has 28 heavy (non-hydrogen) atoms. The van der Waals surface area contributed by atoms with Crippen molar-refractivity contribution in [2.45, 2.75) is 52.5 Å². The number of amides is 2. The van der Waals surface area contributed by atoms with Gasteiger partial charge in [0.25, 0.3) is 11.8 Å². The number of nitrogens with one attached hydrogen (secondary N) is 1. The van der Waals surface area contributed by atoms with E-state index in [1.165, 1.54) is 28.4 Å². The number of alkyl halides is 3. The zero-order valence-corrected chi connectivity index (χ0v) is 16.8. The molecule has 0 fully saturated rings. The minimum absolute atomic E-state index is 0.0349. The van der Waals surface area contributed by atoms with E-state index in [1.54, 1.807) is 19.2 Å². The first-order valence-corrected chi connectivity index (χ1v) is 9.60. The Kier molecular flexibility index (Phi) is 6.82. The fraction of sp³-hybridized carbons (Fsp3) is 0.421. The molecule has 2 aromatic rings. The largest absolute Gasteiger partial charge is 0.416 e. The highest BCUT2D eigenvalue weighted by molar-refractivity contribution is 7.09. The summed E-state index contributed by atoms with van der Waals surface area (Å²) < 4.78 is 38.8. The minimum atomic E-state index is -4.52. The summed E-state index contributed by atoms with van der Waals surface area (Å²) in [6, 6.07) is 4.05. The normalized spacial score (nSPS) is 11.8. The molecule has 0 unspecified atom stereocenters. The van der Waals surface area contributed by atoms with Crippen LogP contribution in [0.2, 0.25) is 0 Å². The van der Waals surface area contributed by atoms with E-state index in [4.69, 9.17) is 0 Å². The molecular formula is C19H22F3N3O2S. The summed E-state index contributed by atoms with van der Waals surface area (Å²) in [7, 11) is 0. The molecule has 0 aliphatic heterocycles. The van der Waals surface area contributed by atoms with Crippen molar-refractivity contribution in [3.05, 3.63) is 51.5 Å². The van der Waals surface area contributed by atoms with Crippen LogP contribution in [0.3, 0.4) is 0 Å². The molecule has 1 aromatic carbocycles. The average Bonchev–Trinajstić information content (AvgIpc) is 3.06. The first kappa shape index (κ1) is 21.9. The molecule has 1 N–H and O–H groups in total. The quantitative estimate of drug-likeness (QED) is 0.766. The van der Waals surface area contributed by atoms with Crippen molar-refractivity contribution < 1.29 is 22.8 Å². The van der Waals surface area contributed by atoms with Crippen LogP contribution >= 0.6 is 11.3 Å². The van der Waals surface area contributed by atoms with Gasteiger partial charge in [-0.15, -0.1) is 11.3 Å². The Morgan fingerprint density at radius 2 is 1.89 bits per heavy atom. The lowest BCUT2D eigenvalue weighted by molar-refractivity contribution is -0.137. The number of hydrogen-bond donors (Lipinski definition) is 1. The zero-order chi connectivity index (χ0) is 21.1. The number of rotatable bonds is 6. The topological polar surface area (TPSA) is 62.3 Å². The monoisotopic (exact) mass is 413 g/mol. The van der Waals surface area contributed by atoms with Crippen molar-refractivity contribution in [1.82, 2.24) is 15.2 Å². The lowest BCUT2D eigenvalue weighted by atomic mass is 10.1. The van der Waals surface area contributed by atoms with Gasteiger partial charge < -0.3 is 10.2 Å². The Morgan fingerprint density at radius 1 is 1.21 bits per heavy atom. The van der Waals surface area contributed by atoms with Crippen molar-refractivity contribution in [1.29, 1.82) is 0 Å². The molecule has 0 aliphatic carbocycles. The Labute approximate surface area is 165 Å². The number of benzene rings is 1. The van der Waals surface area contributed by atoms with Crippen LogP contribution in [0.15, 0.2) is 29.6 Å². The maximum atomic E-state index is 12.9. The zero-order valence-electron chi connectivity index (χ0n) is 16.0. The summed E-state index contributed by atoms with van der Waals surface area (Å²) in [6.07, 6.45) is -4.52. The van der Waals surface area contributed by atoms with Gasteiger partial charge >= 0.3 is 6.18 Å². The van der Waals surface area contributed by atoms with E-state index < -0.39 is 17.6 Å². The molecule has 0 saturated carbocycles. The molecule has 0 spiro atoms. The summed E-state index contributed by atoms with van der Waals surface area (Å²) >= 11 is 1.22. The molecule has 2 rings (SSSR count). The van der Waals surface area contributed by atoms with Gasteiger partial charge in [0.2, 0.25) is 0 Å². The number of carbonyl (C=O) groups is 2. The van der Waals surface area contributed by atoms with E-state index in [0.29, 0.717) is 5.01 Å². The van der Waals surface area contributed by atoms with Crippen LogP contribution in [0.25, 0.3) is 0 Å². The Bertz CT molecular complexity index is 847. The van der Waals surface area contributed by atoms with Crippen LogP contribution in [0.4, 0.5) is 13.2 Å². The molecule has 1 heterocycles. The van der Waals surface area contributed by atoms with Crippen molar-refractivity contribution in [2.75, 3.05) is 0 Å². The SMILES string of the molecule is CC(C)NC(=O)c1csc(CN(C(=O)c2cccc(C(F)(F)F)c2)C(C)C)n1. The van der Waals surface area contributed by atoms with E-state index in [9.17, 15) is 22.8 Å². The van der Waals surface area contributed by atoms with Crippen LogP contribution in [0.1, 0.15) is 59.1 Å². The van der Waals surface area contributed by atoms with E-state index in [1.807, 2.05) is 13.8 Å². The summed E-state index contributed by atoms with van der Waals surface area (Å²) in [5.41, 5.74) is -0.661. The van der Waals surface area contributed by atoms with Gasteiger partial charge in [-0.25, -0.2) is 4.98 Å². The number of thiazole rings is 1. The minimum Gasteiger partial charge on any atom is -0.349 e. The molecule has 152 valence electrons. The Balaban J connectivity index is 2.21. The van der Waals surface area contributed by atoms with Gasteiger partial charge in [0.1, 0.15) is 10.7 Å². The summed E-state index contributed by atoms with van der Waals surface area (Å²) in [5, 5.41) is 4.86. The van der Waals surface area contributed by atoms with Crippen molar-refractivity contribution in [3.8, 4) is 0 Å². The smallest absolute Gasteiger partial charge is 0.349 e. The van der Waals surface area contributed by atoms with E-state index >= 15 is 0 Å². The fourth-order valence-corrected chi connectivity index (χ4v) is 3.22. The van der Waals surface area contributed by atoms with Crippen LogP contribution in [-0.2, 0) is 12.7 Å². The highest BCUT2D eigenvalue weighted by Gasteiger charge is 2.31. The van der Waals surface area contributed by atoms with Crippen LogP contribution in [-0.4, -0.2) is 33.8 Å². The number of carbonyl (C=O) groups excluding carboxylic acids is 2. The van der Waals surface area contributed by atoms with Crippen molar-refractivity contribution in [2.24, 2.45) is 0 Å². The Hall–Kier alpha value is -2.42. The van der Waals surface area contributed by atoms with Gasteiger partial charge in [0.15, 0.2) is 0 Å². The van der Waals surface area contributed by atoms with Gasteiger partial charge in [0.05, 0.1) is 12.1 Å². The summed E-state index contributed by atoms with van der Waals surface area (Å²) in [4.78, 5) is 30.5. The van der Waals surface area contributed by atoms with Crippen LogP contribution in [0.5, 0.6) is 0 Å². The number of halogens is 3. The summed E-state index contributed by atoms with van der Waals surface area (Å²) in [5.74, 6) is -0.831. The van der Waals surface area contributed by atoms with Gasteiger partial charge in [-0.05, 0) is 45.9 Å². The fourth-order valence-electron chi connectivity index (χ4n) is 2.45. The second-order valence-corrected chi connectivity index (χ2v) is 7.80. The van der Waals surface area contributed by atoms with E-state index in [2.05, 4.69) is 10.3 Å². The first-order valence-electron chi connectivity index (χ1n) is 8.72. The van der Waals surface area contributed by atoms with Gasteiger partial charge in [0, 0.05) is 23.0 Å². The van der Waals surface area contributed by atoms with Gasteiger partial charge in [-0.2, -0.15) is 13.2 Å². The molecule has 0 aliphatic rings. The van der Waals surface area contributed by atoms with Crippen molar-refractivity contribution >= 4 is 23.2 Å². The maximum Gasteiger partial charge on any atom is 0.416 e. The molecule has 0 saturated heterocycles. The van der Waals surface area contributed by atoms with Crippen LogP contribution in [0, 0.1) is 0 Å². The standard InChI is InChI=1S/C19H22F3N3O2S/c1-11(2)23-17(26)15-10-28-16(24-15)9-25(12(3)4)18(27)13-6-5-7-14(8-13)19(20,21)22/h5-8,10-12H,9H2,1-4H3,(H,23,26). The Morgan fingerprint density at radius 3 is 2.46 bits per heavy atom. The number of hydrogen-bond acceptors (Lipinski definition) is 4. The van der Waals surface area contributed by atoms with Gasteiger partial charge in [-0.3, -0.25) is 9.59 Å². The van der Waals surface area contributed by atoms with E-state index in [-0.39, 0.29) is 35.8 Å². The highest BCUT2D eigenvalue weighted by Crippen LogP contribution is 2.30. The molecule has 5 nitrogen and oxygen atoms in total. The molecule has 0 radical (unpaired) electrons. The predicted molar refractivity (Wildman–Crippen MR) is 101 cm³/mol. The molecule has 1 aromatic heterocycles. The third kappa shape index (κ3) is 5.54. The number of nitrogens with zero attached hydrogens (tertiary/aromatic N) is 2. The second-order valence-electron chi connectivity index (χ2n) is 6.86. The summed E-state index contributed by atoms with van der Waals surface area (Å²) in [6.45, 7) is 7.31. The lowest BCUT2D eigenvalue weighted by Crippen LogP contribution is -2.36. The molecule has 9 heteroatoms. The highest BCUT2D eigenvalue weighted by atomic mass is 32.1. The third-order valence-electron chi connectivity index (χ3n) is 3.83. The van der Waals surface area contributed by atoms with Crippen LogP contribution < -0.4 is 5.32 Å². The maximum absolute atomic E-state index is 12.9. The molecular weight excluding hydrogens is 391 g/mol. The van der Waals surface area contributed by atoms with Crippen molar-refractivity contribution in [3.63, 3.8) is 0 Å². The molecule has 2 amide bonds. The average molecular weight is 413 g/mol. The molecule has 0 bridgehead atoms. The van der Waals surface area contributed by atoms with E-state index in [0.717, 1.165) is 12.1 Å².